The van der Waals surface area contributed by atoms with E-state index in [-0.39, 0.29) is 12.0 Å². The molecule has 2 N–H and O–H groups in total. The zero-order valence-corrected chi connectivity index (χ0v) is 15.0. The van der Waals surface area contributed by atoms with Gasteiger partial charge in [0, 0.05) is 16.4 Å². The second-order valence-electron chi connectivity index (χ2n) is 6.48. The zero-order chi connectivity index (χ0) is 16.5. The zero-order valence-electron chi connectivity index (χ0n) is 13.5. The summed E-state index contributed by atoms with van der Waals surface area (Å²) in [5, 5.41) is 2.19. The monoisotopic (exact) mass is 360 g/mol. The molecule has 0 amide bonds. The van der Waals surface area contributed by atoms with Crippen LogP contribution in [-0.2, 0) is 4.74 Å². The van der Waals surface area contributed by atoms with Gasteiger partial charge in [0.25, 0.3) is 0 Å². The number of fused-ring (bicyclic) bond motifs is 3. The Morgan fingerprint density at radius 3 is 2.92 bits per heavy atom. The normalized spacial score (nSPS) is 26.7. The van der Waals surface area contributed by atoms with Crippen molar-refractivity contribution >= 4 is 34.5 Å². The van der Waals surface area contributed by atoms with Gasteiger partial charge in [0.15, 0.2) is 0 Å². The third kappa shape index (κ3) is 2.87. The Morgan fingerprint density at radius 2 is 2.04 bits per heavy atom. The van der Waals surface area contributed by atoms with E-state index in [4.69, 9.17) is 22.1 Å². The lowest BCUT2D eigenvalue weighted by Crippen LogP contribution is -2.32. The van der Waals surface area contributed by atoms with E-state index >= 15 is 0 Å². The predicted octanol–water partition coefficient (Wildman–Crippen LogP) is 5.12. The maximum absolute atomic E-state index is 6.58. The molecule has 24 heavy (non-hydrogen) atoms. The maximum atomic E-state index is 6.58. The van der Waals surface area contributed by atoms with Crippen LogP contribution in [-0.4, -0.2) is 17.8 Å². The van der Waals surface area contributed by atoms with Gasteiger partial charge in [-0.1, -0.05) is 31.0 Å². The molecule has 126 valence electrons. The van der Waals surface area contributed by atoms with E-state index in [9.17, 15) is 0 Å². The first-order valence-corrected chi connectivity index (χ1v) is 9.90. The van der Waals surface area contributed by atoms with Crippen molar-refractivity contribution in [3.63, 3.8) is 0 Å². The molecule has 1 aliphatic heterocycles. The lowest BCUT2D eigenvalue weighted by atomic mass is 9.80. The van der Waals surface area contributed by atoms with E-state index in [2.05, 4.69) is 22.5 Å². The third-order valence-electron chi connectivity index (χ3n) is 4.98. The molecule has 0 spiro atoms. The predicted molar refractivity (Wildman–Crippen MR) is 101 cm³/mol. The molecule has 4 rings (SSSR count). The fraction of sp³-hybridized carbons (Fsp3) is 0.421. The third-order valence-corrected chi connectivity index (χ3v) is 6.32. The lowest BCUT2D eigenvalue weighted by Gasteiger charge is -2.39. The van der Waals surface area contributed by atoms with Crippen LogP contribution >= 0.6 is 22.9 Å². The molecule has 0 radical (unpaired) electrons. The Kier molecular flexibility index (Phi) is 4.61. The standard InChI is InChI=1S/C19H21ClN2OS/c20-11-17(21)22-15-7-3-1-5-12(15)18-14-9-10-24-19(14)13-6-2-4-8-16(13)23-18/h1,3,5,7,9-10,13,16,18H,2,4,6,8,11H2,(H2,21,22). The summed E-state index contributed by atoms with van der Waals surface area (Å²) < 4.78 is 6.58. The van der Waals surface area contributed by atoms with Gasteiger partial charge in [-0.2, -0.15) is 0 Å². The second-order valence-corrected chi connectivity index (χ2v) is 7.70. The fourth-order valence-electron chi connectivity index (χ4n) is 3.89. The topological polar surface area (TPSA) is 47.6 Å². The molecule has 5 heteroatoms. The van der Waals surface area contributed by atoms with Gasteiger partial charge in [0.2, 0.25) is 0 Å². The Hall–Kier alpha value is -1.36. The van der Waals surface area contributed by atoms with Gasteiger partial charge in [-0.05, 0) is 35.9 Å². The van der Waals surface area contributed by atoms with Crippen molar-refractivity contribution in [3.8, 4) is 0 Å². The summed E-state index contributed by atoms with van der Waals surface area (Å²) in [4.78, 5) is 6.00. The van der Waals surface area contributed by atoms with E-state index in [1.165, 1.54) is 29.7 Å². The van der Waals surface area contributed by atoms with Crippen LogP contribution in [0.4, 0.5) is 5.69 Å². The van der Waals surface area contributed by atoms with Gasteiger partial charge < -0.3 is 10.5 Å². The van der Waals surface area contributed by atoms with Crippen LogP contribution in [0.15, 0.2) is 40.7 Å². The number of alkyl halides is 1. The first-order valence-electron chi connectivity index (χ1n) is 8.48. The molecule has 2 aromatic rings. The minimum atomic E-state index is -0.0614. The maximum Gasteiger partial charge on any atom is 0.115 e. The quantitative estimate of drug-likeness (QED) is 0.469. The molecule has 1 fully saturated rings. The average molecular weight is 361 g/mol. The molecule has 1 saturated carbocycles. The van der Waals surface area contributed by atoms with Crippen molar-refractivity contribution in [3.05, 3.63) is 51.7 Å². The lowest BCUT2D eigenvalue weighted by molar-refractivity contribution is -0.0371. The van der Waals surface area contributed by atoms with Gasteiger partial charge >= 0.3 is 0 Å². The first kappa shape index (κ1) is 16.1. The Labute approximate surface area is 151 Å². The smallest absolute Gasteiger partial charge is 0.115 e. The molecule has 1 aromatic heterocycles. The Balaban J connectivity index is 1.77. The minimum Gasteiger partial charge on any atom is -0.386 e. The molecule has 3 atom stereocenters. The van der Waals surface area contributed by atoms with E-state index in [0.717, 1.165) is 17.7 Å². The largest absolute Gasteiger partial charge is 0.386 e. The van der Waals surface area contributed by atoms with Crippen molar-refractivity contribution in [2.45, 2.75) is 43.8 Å². The number of aliphatic imine (C=N–C) groups is 1. The highest BCUT2D eigenvalue weighted by Gasteiger charge is 2.39. The van der Waals surface area contributed by atoms with Crippen LogP contribution in [0.2, 0.25) is 0 Å². The van der Waals surface area contributed by atoms with E-state index in [1.54, 1.807) is 0 Å². The summed E-state index contributed by atoms with van der Waals surface area (Å²) in [6.07, 6.45) is 5.20. The second kappa shape index (κ2) is 6.87. The van der Waals surface area contributed by atoms with E-state index in [0.29, 0.717) is 17.9 Å². The average Bonchev–Trinajstić information content (AvgIpc) is 3.11. The summed E-state index contributed by atoms with van der Waals surface area (Å²) >= 11 is 7.68. The van der Waals surface area contributed by atoms with Crippen molar-refractivity contribution in [1.29, 1.82) is 0 Å². The van der Waals surface area contributed by atoms with Crippen molar-refractivity contribution < 1.29 is 4.74 Å². The number of thiophene rings is 1. The van der Waals surface area contributed by atoms with Crippen molar-refractivity contribution in [1.82, 2.24) is 0 Å². The molecule has 1 aromatic carbocycles. The highest BCUT2D eigenvalue weighted by molar-refractivity contribution is 7.10. The van der Waals surface area contributed by atoms with Crippen molar-refractivity contribution in [2.24, 2.45) is 10.7 Å². The number of halogens is 1. The molecule has 2 heterocycles. The molecule has 3 nitrogen and oxygen atoms in total. The number of amidine groups is 1. The van der Waals surface area contributed by atoms with Gasteiger partial charge in [-0.25, -0.2) is 4.99 Å². The number of benzene rings is 1. The van der Waals surface area contributed by atoms with Gasteiger partial charge in [0.05, 0.1) is 17.7 Å². The number of ether oxygens (including phenoxy) is 1. The molecule has 2 aliphatic rings. The number of hydrogen-bond acceptors (Lipinski definition) is 3. The minimum absolute atomic E-state index is 0.0614. The van der Waals surface area contributed by atoms with E-state index < -0.39 is 0 Å². The van der Waals surface area contributed by atoms with Gasteiger partial charge in [-0.15, -0.1) is 22.9 Å². The first-order chi connectivity index (χ1) is 11.8. The highest BCUT2D eigenvalue weighted by atomic mass is 35.5. The van der Waals surface area contributed by atoms with E-state index in [1.807, 2.05) is 29.5 Å². The van der Waals surface area contributed by atoms with Crippen LogP contribution in [0.3, 0.4) is 0 Å². The number of hydrogen-bond donors (Lipinski definition) is 1. The fourth-order valence-corrected chi connectivity index (χ4v) is 5.07. The van der Waals surface area contributed by atoms with Crippen LogP contribution in [0.25, 0.3) is 0 Å². The number of nitrogens with two attached hydrogens (primary N) is 1. The molecule has 3 unspecified atom stereocenters. The molecule has 0 bridgehead atoms. The van der Waals surface area contributed by atoms with Crippen LogP contribution in [0.5, 0.6) is 0 Å². The Bertz CT molecular complexity index is 757. The highest BCUT2D eigenvalue weighted by Crippen LogP contribution is 2.50. The number of nitrogens with zero attached hydrogens (tertiary/aromatic N) is 1. The molecular weight excluding hydrogens is 340 g/mol. The summed E-state index contributed by atoms with van der Waals surface area (Å²) in [6.45, 7) is 0. The molecular formula is C19H21ClN2OS. The summed E-state index contributed by atoms with van der Waals surface area (Å²) in [7, 11) is 0. The van der Waals surface area contributed by atoms with Crippen LogP contribution in [0.1, 0.15) is 53.7 Å². The van der Waals surface area contributed by atoms with Crippen molar-refractivity contribution in [2.75, 3.05) is 5.88 Å². The summed E-state index contributed by atoms with van der Waals surface area (Å²) in [5.41, 5.74) is 9.10. The van der Waals surface area contributed by atoms with Crippen LogP contribution in [0, 0.1) is 0 Å². The van der Waals surface area contributed by atoms with Gasteiger partial charge in [-0.3, -0.25) is 0 Å². The molecule has 1 aliphatic carbocycles. The number of para-hydroxylation sites is 1. The SMILES string of the molecule is NC(CCl)=Nc1ccccc1C1OC2CCCCC2c2sccc21. The number of rotatable bonds is 3. The van der Waals surface area contributed by atoms with Gasteiger partial charge in [0.1, 0.15) is 11.9 Å². The molecule has 0 saturated heterocycles. The Morgan fingerprint density at radius 1 is 1.21 bits per heavy atom. The summed E-state index contributed by atoms with van der Waals surface area (Å²) in [5.74, 6) is 1.23. The summed E-state index contributed by atoms with van der Waals surface area (Å²) in [6, 6.07) is 10.3. The van der Waals surface area contributed by atoms with Crippen LogP contribution < -0.4 is 5.73 Å².